The Labute approximate surface area is 122 Å². The van der Waals surface area contributed by atoms with E-state index in [9.17, 15) is 5.11 Å². The fourth-order valence-corrected chi connectivity index (χ4v) is 1.86. The lowest BCUT2D eigenvalue weighted by Gasteiger charge is -2.00. The third kappa shape index (κ3) is 3.82. The van der Waals surface area contributed by atoms with E-state index in [0.717, 1.165) is 22.5 Å². The van der Waals surface area contributed by atoms with Crippen LogP contribution in [-0.4, -0.2) is 21.2 Å². The topological polar surface area (TPSA) is 109 Å². The Balaban J connectivity index is 2.16. The number of aromatic amines is 1. The summed E-state index contributed by atoms with van der Waals surface area (Å²) in [7, 11) is 0. The summed E-state index contributed by atoms with van der Waals surface area (Å²) in [5, 5.41) is 29.5. The Morgan fingerprint density at radius 1 is 1.48 bits per heavy atom. The maximum Gasteiger partial charge on any atom is 0.145 e. The van der Waals surface area contributed by atoms with Crippen molar-refractivity contribution in [2.24, 2.45) is 0 Å². The van der Waals surface area contributed by atoms with Gasteiger partial charge in [-0.3, -0.25) is 0 Å². The predicted octanol–water partition coefficient (Wildman–Crippen LogP) is 2.22. The Hall–Kier alpha value is -2.83. The summed E-state index contributed by atoms with van der Waals surface area (Å²) in [6.45, 7) is 1.75. The van der Waals surface area contributed by atoms with Gasteiger partial charge in [0.05, 0.1) is 17.1 Å². The number of aryl methyl sites for hydroxylation is 1. The van der Waals surface area contributed by atoms with Gasteiger partial charge in [0.1, 0.15) is 23.5 Å². The van der Waals surface area contributed by atoms with Crippen LogP contribution in [0.4, 0.5) is 5.69 Å². The van der Waals surface area contributed by atoms with E-state index in [1.54, 1.807) is 19.1 Å². The molecule has 0 aliphatic heterocycles. The predicted molar refractivity (Wildman–Crippen MR) is 79.0 cm³/mol. The molecule has 1 unspecified atom stereocenters. The number of nitriles is 2. The van der Waals surface area contributed by atoms with Crippen LogP contribution >= 0.6 is 0 Å². The molecule has 106 valence electrons. The highest BCUT2D eigenvalue weighted by atomic mass is 16.3. The van der Waals surface area contributed by atoms with E-state index in [-0.39, 0.29) is 11.7 Å². The molecule has 1 heterocycles. The summed E-state index contributed by atoms with van der Waals surface area (Å²) in [4.78, 5) is 7.63. The van der Waals surface area contributed by atoms with Gasteiger partial charge >= 0.3 is 0 Å². The van der Waals surface area contributed by atoms with Gasteiger partial charge in [0.15, 0.2) is 0 Å². The van der Waals surface area contributed by atoms with Gasteiger partial charge in [-0.1, -0.05) is 0 Å². The second-order valence-corrected chi connectivity index (χ2v) is 4.73. The highest BCUT2D eigenvalue weighted by Gasteiger charge is 2.05. The van der Waals surface area contributed by atoms with Crippen molar-refractivity contribution in [3.8, 4) is 12.1 Å². The van der Waals surface area contributed by atoms with Crippen LogP contribution in [0.5, 0.6) is 0 Å². The minimum Gasteiger partial charge on any atom is -0.393 e. The number of H-pyrrole nitrogens is 1. The van der Waals surface area contributed by atoms with E-state index in [1.807, 2.05) is 18.2 Å². The molecule has 1 atom stereocenters. The van der Waals surface area contributed by atoms with Crippen molar-refractivity contribution in [2.45, 2.75) is 25.9 Å². The molecule has 0 aliphatic carbocycles. The van der Waals surface area contributed by atoms with Crippen LogP contribution in [0.25, 0.3) is 11.0 Å². The summed E-state index contributed by atoms with van der Waals surface area (Å²) in [6, 6.07) is 9.10. The molecule has 0 saturated heterocycles. The summed E-state index contributed by atoms with van der Waals surface area (Å²) >= 11 is 0. The second kappa shape index (κ2) is 6.56. The fourth-order valence-electron chi connectivity index (χ4n) is 1.86. The molecule has 0 fully saturated rings. The lowest BCUT2D eigenvalue weighted by molar-refractivity contribution is 0.184. The Morgan fingerprint density at radius 3 is 2.90 bits per heavy atom. The fraction of sp³-hybridized carbons (Fsp3) is 0.267. The first-order valence-corrected chi connectivity index (χ1v) is 6.56. The van der Waals surface area contributed by atoms with Crippen LogP contribution in [0.2, 0.25) is 0 Å². The van der Waals surface area contributed by atoms with Crippen molar-refractivity contribution >= 4 is 16.7 Å². The number of nitrogens with zero attached hydrogens (tertiary/aromatic N) is 3. The largest absolute Gasteiger partial charge is 0.393 e. The molecule has 0 aliphatic rings. The number of benzene rings is 1. The third-order valence-corrected chi connectivity index (χ3v) is 2.95. The molecule has 2 aromatic rings. The van der Waals surface area contributed by atoms with Gasteiger partial charge in [0, 0.05) is 18.3 Å². The van der Waals surface area contributed by atoms with E-state index in [0.29, 0.717) is 12.8 Å². The van der Waals surface area contributed by atoms with Gasteiger partial charge in [0.2, 0.25) is 0 Å². The summed E-state index contributed by atoms with van der Waals surface area (Å²) < 4.78 is 0. The van der Waals surface area contributed by atoms with Crippen molar-refractivity contribution in [1.29, 1.82) is 10.5 Å². The minimum atomic E-state index is -0.351. The zero-order valence-corrected chi connectivity index (χ0v) is 11.6. The number of aromatic nitrogens is 2. The monoisotopic (exact) mass is 281 g/mol. The maximum absolute atomic E-state index is 9.29. The first-order chi connectivity index (χ1) is 10.1. The number of anilines is 1. The normalized spacial score (nSPS) is 11.4. The maximum atomic E-state index is 9.29. The highest BCUT2D eigenvalue weighted by Crippen LogP contribution is 2.18. The van der Waals surface area contributed by atoms with Crippen LogP contribution in [-0.2, 0) is 6.42 Å². The molecule has 2 rings (SSSR count). The molecule has 21 heavy (non-hydrogen) atoms. The van der Waals surface area contributed by atoms with Crippen LogP contribution in [0.15, 0.2) is 30.0 Å². The average Bonchev–Trinajstić information content (AvgIpc) is 2.88. The number of imidazole rings is 1. The molecule has 0 saturated carbocycles. The molecule has 0 spiro atoms. The van der Waals surface area contributed by atoms with Crippen LogP contribution < -0.4 is 5.32 Å². The van der Waals surface area contributed by atoms with Gasteiger partial charge in [-0.05, 0) is 31.5 Å². The number of nitrogens with one attached hydrogen (secondary N) is 2. The molecule has 1 aromatic carbocycles. The van der Waals surface area contributed by atoms with Gasteiger partial charge in [0.25, 0.3) is 0 Å². The van der Waals surface area contributed by atoms with Crippen molar-refractivity contribution in [2.75, 3.05) is 5.32 Å². The van der Waals surface area contributed by atoms with E-state index >= 15 is 0 Å². The molecule has 6 heteroatoms. The third-order valence-electron chi connectivity index (χ3n) is 2.95. The molecule has 0 bridgehead atoms. The van der Waals surface area contributed by atoms with Gasteiger partial charge < -0.3 is 15.4 Å². The van der Waals surface area contributed by atoms with Crippen LogP contribution in [0, 0.1) is 22.7 Å². The number of hydrogen-bond donors (Lipinski definition) is 3. The molecule has 0 amide bonds. The summed E-state index contributed by atoms with van der Waals surface area (Å²) in [5.74, 6) is 0.827. The summed E-state index contributed by atoms with van der Waals surface area (Å²) in [5.41, 5.74) is 2.48. The quantitative estimate of drug-likeness (QED) is 0.728. The minimum absolute atomic E-state index is 0.0114. The number of fused-ring (bicyclic) bond motifs is 1. The van der Waals surface area contributed by atoms with E-state index in [2.05, 4.69) is 15.3 Å². The number of rotatable bonds is 5. The Kier molecular flexibility index (Phi) is 4.55. The smallest absolute Gasteiger partial charge is 0.145 e. The van der Waals surface area contributed by atoms with Gasteiger partial charge in [-0.15, -0.1) is 0 Å². The second-order valence-electron chi connectivity index (χ2n) is 4.73. The van der Waals surface area contributed by atoms with Gasteiger partial charge in [-0.2, -0.15) is 10.5 Å². The average molecular weight is 281 g/mol. The highest BCUT2D eigenvalue weighted by molar-refractivity contribution is 5.79. The van der Waals surface area contributed by atoms with Crippen molar-refractivity contribution in [3.05, 3.63) is 35.8 Å². The van der Waals surface area contributed by atoms with Crippen molar-refractivity contribution < 1.29 is 5.11 Å². The molecular formula is C15H15N5O. The molecular weight excluding hydrogens is 266 g/mol. The first-order valence-electron chi connectivity index (χ1n) is 6.56. The van der Waals surface area contributed by atoms with Gasteiger partial charge in [-0.25, -0.2) is 4.98 Å². The number of aliphatic hydroxyl groups is 1. The Bertz CT molecular complexity index is 729. The number of allylic oxidation sites excluding steroid dienone is 1. The number of aliphatic hydroxyl groups excluding tert-OH is 1. The van der Waals surface area contributed by atoms with E-state index < -0.39 is 0 Å². The molecule has 1 aromatic heterocycles. The lowest BCUT2D eigenvalue weighted by Crippen LogP contribution is -2.02. The van der Waals surface area contributed by atoms with Crippen molar-refractivity contribution in [3.63, 3.8) is 0 Å². The zero-order chi connectivity index (χ0) is 15.2. The van der Waals surface area contributed by atoms with Crippen molar-refractivity contribution in [1.82, 2.24) is 9.97 Å². The SMILES string of the molecule is CC(O)CCc1nc2ccc(NC=C(C#N)C#N)cc2[nH]1. The van der Waals surface area contributed by atoms with Crippen LogP contribution in [0.3, 0.4) is 0 Å². The van der Waals surface area contributed by atoms with E-state index in [1.165, 1.54) is 6.20 Å². The van der Waals surface area contributed by atoms with E-state index in [4.69, 9.17) is 10.5 Å². The summed E-state index contributed by atoms with van der Waals surface area (Å²) in [6.07, 6.45) is 2.35. The zero-order valence-electron chi connectivity index (χ0n) is 11.6. The molecule has 3 N–H and O–H groups in total. The van der Waals surface area contributed by atoms with Crippen LogP contribution in [0.1, 0.15) is 19.2 Å². The standard InChI is InChI=1S/C15H15N5O/c1-10(21)2-5-15-19-13-4-3-12(6-14(13)20-15)18-9-11(7-16)8-17/h3-4,6,9-10,18,21H,2,5H2,1H3,(H,19,20). The Morgan fingerprint density at radius 2 is 2.24 bits per heavy atom. The first kappa shape index (κ1) is 14.6. The molecule has 6 nitrogen and oxygen atoms in total. The molecule has 0 radical (unpaired) electrons. The lowest BCUT2D eigenvalue weighted by atomic mass is 10.2. The number of hydrogen-bond acceptors (Lipinski definition) is 5.